The van der Waals surface area contributed by atoms with Gasteiger partial charge in [-0.05, 0) is 43.3 Å². The molecule has 0 aromatic heterocycles. The Morgan fingerprint density at radius 2 is 1.81 bits per heavy atom. The smallest absolute Gasteiger partial charge is 0.180 e. The molecule has 0 unspecified atom stereocenters. The van der Waals surface area contributed by atoms with Gasteiger partial charge in [-0.15, -0.1) is 24.8 Å². The lowest BCUT2D eigenvalue weighted by Gasteiger charge is -2.26. The van der Waals surface area contributed by atoms with E-state index < -0.39 is 0 Å². The van der Waals surface area contributed by atoms with Crippen molar-refractivity contribution >= 4 is 48.0 Å². The van der Waals surface area contributed by atoms with E-state index in [2.05, 4.69) is 10.2 Å². The normalized spacial score (nSPS) is 13.8. The van der Waals surface area contributed by atoms with E-state index in [1.807, 2.05) is 36.4 Å². The molecule has 1 saturated heterocycles. The SMILES string of the molecule is COc1cc(CNCCCN2CCOCC2)cc(Cl)c1OCc1ccccc1Cl.Cl.Cl. The van der Waals surface area contributed by atoms with Crippen LogP contribution in [0.1, 0.15) is 17.5 Å². The number of benzene rings is 2. The quantitative estimate of drug-likeness (QED) is 0.442. The molecule has 3 rings (SSSR count). The molecule has 5 nitrogen and oxygen atoms in total. The Morgan fingerprint density at radius 3 is 2.52 bits per heavy atom. The van der Waals surface area contributed by atoms with Crippen molar-refractivity contribution in [3.63, 3.8) is 0 Å². The van der Waals surface area contributed by atoms with Gasteiger partial charge in [-0.1, -0.05) is 41.4 Å². The van der Waals surface area contributed by atoms with Gasteiger partial charge in [-0.3, -0.25) is 4.90 Å². The van der Waals surface area contributed by atoms with Crippen molar-refractivity contribution in [2.24, 2.45) is 0 Å². The lowest BCUT2D eigenvalue weighted by molar-refractivity contribution is 0.0374. The van der Waals surface area contributed by atoms with Crippen LogP contribution >= 0.6 is 48.0 Å². The second-order valence-electron chi connectivity index (χ2n) is 6.97. The number of nitrogens with zero attached hydrogens (tertiary/aromatic N) is 1. The highest BCUT2D eigenvalue weighted by Crippen LogP contribution is 2.37. The van der Waals surface area contributed by atoms with Crippen LogP contribution in [0.4, 0.5) is 0 Å². The van der Waals surface area contributed by atoms with Gasteiger partial charge in [0.25, 0.3) is 0 Å². The van der Waals surface area contributed by atoms with E-state index in [-0.39, 0.29) is 24.8 Å². The molecule has 0 atom stereocenters. The van der Waals surface area contributed by atoms with E-state index in [1.165, 1.54) is 0 Å². The monoisotopic (exact) mass is 510 g/mol. The first kappa shape index (κ1) is 28.1. The Balaban J connectivity index is 0.00000240. The van der Waals surface area contributed by atoms with Crippen molar-refractivity contribution in [1.29, 1.82) is 0 Å². The molecule has 1 aliphatic rings. The summed E-state index contributed by atoms with van der Waals surface area (Å²) in [6.07, 6.45) is 1.10. The van der Waals surface area contributed by atoms with Gasteiger partial charge in [0.05, 0.1) is 25.3 Å². The maximum absolute atomic E-state index is 6.48. The number of halogens is 4. The third-order valence-corrected chi connectivity index (χ3v) is 5.53. The Kier molecular flexibility index (Phi) is 13.6. The Morgan fingerprint density at radius 1 is 1.06 bits per heavy atom. The zero-order chi connectivity index (χ0) is 20.5. The van der Waals surface area contributed by atoms with Crippen LogP contribution in [0.5, 0.6) is 11.5 Å². The van der Waals surface area contributed by atoms with Crippen molar-refractivity contribution in [2.75, 3.05) is 46.5 Å². The van der Waals surface area contributed by atoms with Crippen molar-refractivity contribution in [1.82, 2.24) is 10.2 Å². The topological polar surface area (TPSA) is 43.0 Å². The second-order valence-corrected chi connectivity index (χ2v) is 7.79. The summed E-state index contributed by atoms with van der Waals surface area (Å²) in [5.41, 5.74) is 1.96. The lowest BCUT2D eigenvalue weighted by Crippen LogP contribution is -2.37. The van der Waals surface area contributed by atoms with Crippen LogP contribution in [0.2, 0.25) is 10.0 Å². The fourth-order valence-electron chi connectivity index (χ4n) is 3.27. The minimum atomic E-state index is 0. The molecular weight excluding hydrogens is 482 g/mol. The largest absolute Gasteiger partial charge is 0.493 e. The highest BCUT2D eigenvalue weighted by molar-refractivity contribution is 6.32. The first-order chi connectivity index (χ1) is 14.2. The zero-order valence-corrected chi connectivity index (χ0v) is 20.7. The number of hydrogen-bond acceptors (Lipinski definition) is 5. The highest BCUT2D eigenvalue weighted by atomic mass is 35.5. The van der Waals surface area contributed by atoms with E-state index in [0.29, 0.717) is 28.2 Å². The number of nitrogens with one attached hydrogen (secondary N) is 1. The van der Waals surface area contributed by atoms with Crippen LogP contribution < -0.4 is 14.8 Å². The molecule has 174 valence electrons. The first-order valence-electron chi connectivity index (χ1n) is 9.91. The fourth-order valence-corrected chi connectivity index (χ4v) is 3.74. The third kappa shape index (κ3) is 8.85. The van der Waals surface area contributed by atoms with Crippen molar-refractivity contribution in [3.8, 4) is 11.5 Å². The van der Waals surface area contributed by atoms with Crippen LogP contribution in [0.3, 0.4) is 0 Å². The van der Waals surface area contributed by atoms with E-state index in [1.54, 1.807) is 7.11 Å². The van der Waals surface area contributed by atoms with Crippen molar-refractivity contribution in [3.05, 3.63) is 57.6 Å². The molecule has 0 aliphatic carbocycles. The van der Waals surface area contributed by atoms with Gasteiger partial charge in [0.1, 0.15) is 6.61 Å². The molecule has 1 aliphatic heterocycles. The van der Waals surface area contributed by atoms with Gasteiger partial charge in [-0.25, -0.2) is 0 Å². The van der Waals surface area contributed by atoms with Crippen LogP contribution in [-0.2, 0) is 17.9 Å². The van der Waals surface area contributed by atoms with Gasteiger partial charge in [0.2, 0.25) is 0 Å². The average molecular weight is 512 g/mol. The minimum absolute atomic E-state index is 0. The summed E-state index contributed by atoms with van der Waals surface area (Å²) >= 11 is 12.7. The van der Waals surface area contributed by atoms with Crippen LogP contribution in [0.25, 0.3) is 0 Å². The molecule has 0 bridgehead atoms. The third-order valence-electron chi connectivity index (χ3n) is 4.88. The summed E-state index contributed by atoms with van der Waals surface area (Å²) in [6, 6.07) is 11.5. The maximum Gasteiger partial charge on any atom is 0.180 e. The van der Waals surface area contributed by atoms with Gasteiger partial charge in [0.15, 0.2) is 11.5 Å². The van der Waals surface area contributed by atoms with Crippen LogP contribution in [-0.4, -0.2) is 51.4 Å². The molecule has 1 heterocycles. The second kappa shape index (κ2) is 15.0. The zero-order valence-electron chi connectivity index (χ0n) is 17.6. The number of rotatable bonds is 10. The molecule has 2 aromatic rings. The molecule has 0 spiro atoms. The number of hydrogen-bond donors (Lipinski definition) is 1. The summed E-state index contributed by atoms with van der Waals surface area (Å²) < 4.78 is 16.8. The molecule has 0 saturated carbocycles. The molecule has 0 amide bonds. The Labute approximate surface area is 207 Å². The molecule has 1 fully saturated rings. The van der Waals surface area contributed by atoms with Gasteiger partial charge >= 0.3 is 0 Å². The van der Waals surface area contributed by atoms with Gasteiger partial charge in [0, 0.05) is 30.2 Å². The van der Waals surface area contributed by atoms with E-state index in [0.717, 1.165) is 63.5 Å². The Bertz CT molecular complexity index is 789. The van der Waals surface area contributed by atoms with Gasteiger partial charge < -0.3 is 19.5 Å². The fraction of sp³-hybridized carbons (Fsp3) is 0.455. The molecule has 31 heavy (non-hydrogen) atoms. The van der Waals surface area contributed by atoms with Crippen molar-refractivity contribution in [2.45, 2.75) is 19.6 Å². The summed E-state index contributed by atoms with van der Waals surface area (Å²) in [4.78, 5) is 2.44. The van der Waals surface area contributed by atoms with Crippen molar-refractivity contribution < 1.29 is 14.2 Å². The first-order valence-corrected chi connectivity index (χ1v) is 10.7. The molecule has 2 aromatic carbocycles. The van der Waals surface area contributed by atoms with Crippen LogP contribution in [0, 0.1) is 0 Å². The summed E-state index contributed by atoms with van der Waals surface area (Å²) in [6.45, 7) is 6.84. The summed E-state index contributed by atoms with van der Waals surface area (Å²) in [7, 11) is 1.62. The Hall–Kier alpha value is -0.920. The summed E-state index contributed by atoms with van der Waals surface area (Å²) in [5.74, 6) is 1.15. The number of ether oxygens (including phenoxy) is 3. The standard InChI is InChI=1S/C22H28Cl2N2O3.2ClH/c1-27-21-14-17(15-25-7-4-8-26-9-11-28-12-10-26)13-20(24)22(21)29-16-18-5-2-3-6-19(18)23;;/h2-3,5-6,13-14,25H,4,7-12,15-16H2,1H3;2*1H. The average Bonchev–Trinajstić information content (AvgIpc) is 2.74. The predicted molar refractivity (Wildman–Crippen MR) is 132 cm³/mol. The molecule has 1 N–H and O–H groups in total. The van der Waals surface area contributed by atoms with Crippen LogP contribution in [0.15, 0.2) is 36.4 Å². The lowest BCUT2D eigenvalue weighted by atomic mass is 10.2. The van der Waals surface area contributed by atoms with Gasteiger partial charge in [-0.2, -0.15) is 0 Å². The molecular formula is C22H30Cl4N2O3. The van der Waals surface area contributed by atoms with E-state index >= 15 is 0 Å². The summed E-state index contributed by atoms with van der Waals surface area (Å²) in [5, 5.41) is 4.67. The maximum atomic E-state index is 6.48. The predicted octanol–water partition coefficient (Wildman–Crippen LogP) is 5.24. The highest BCUT2D eigenvalue weighted by Gasteiger charge is 2.13. The van der Waals surface area contributed by atoms with E-state index in [4.69, 9.17) is 37.4 Å². The molecule has 0 radical (unpaired) electrons. The number of morpholine rings is 1. The number of methoxy groups -OCH3 is 1. The molecule has 9 heteroatoms. The minimum Gasteiger partial charge on any atom is -0.493 e. The van der Waals surface area contributed by atoms with E-state index in [9.17, 15) is 0 Å².